The van der Waals surface area contributed by atoms with Crippen LogP contribution >= 0.6 is 0 Å². The smallest absolute Gasteiger partial charge is 0.408 e. The molecule has 39 heavy (non-hydrogen) atoms. The molecule has 1 aliphatic heterocycles. The summed E-state index contributed by atoms with van der Waals surface area (Å²) in [5.74, 6) is -2.20. The number of rotatable bonds is 11. The van der Waals surface area contributed by atoms with Gasteiger partial charge in [0.15, 0.2) is 0 Å². The van der Waals surface area contributed by atoms with E-state index in [1.165, 1.54) is 6.08 Å². The van der Waals surface area contributed by atoms with Crippen LogP contribution < -0.4 is 16.0 Å². The van der Waals surface area contributed by atoms with Crippen molar-refractivity contribution in [3.8, 4) is 0 Å². The quantitative estimate of drug-likeness (QED) is 0.270. The number of nitrogens with one attached hydrogen (secondary N) is 3. The van der Waals surface area contributed by atoms with Crippen LogP contribution in [0.1, 0.15) is 80.1 Å². The minimum Gasteiger partial charge on any atom is -0.444 e. The lowest BCUT2D eigenvalue weighted by Crippen LogP contribution is -2.59. The van der Waals surface area contributed by atoms with E-state index in [-0.39, 0.29) is 35.6 Å². The van der Waals surface area contributed by atoms with E-state index in [9.17, 15) is 24.0 Å². The Morgan fingerprint density at radius 2 is 1.74 bits per heavy atom. The van der Waals surface area contributed by atoms with Crippen LogP contribution in [-0.4, -0.2) is 71.3 Å². The number of ether oxygens (including phenoxy) is 1. The van der Waals surface area contributed by atoms with Crippen molar-refractivity contribution in [1.29, 1.82) is 0 Å². The molecule has 0 aromatic heterocycles. The molecule has 3 N–H and O–H groups in total. The highest BCUT2D eigenvalue weighted by molar-refractivity contribution is 6.38. The summed E-state index contributed by atoms with van der Waals surface area (Å²) < 4.78 is 5.45. The van der Waals surface area contributed by atoms with E-state index in [1.807, 2.05) is 6.92 Å². The molecular formula is C29H46N4O6. The third-order valence-electron chi connectivity index (χ3n) is 8.41. The zero-order valence-electron chi connectivity index (χ0n) is 24.3. The molecule has 2 aliphatic carbocycles. The molecule has 10 heteroatoms. The fraction of sp³-hybridized carbons (Fsp3) is 0.759. The minimum absolute atomic E-state index is 0.0401. The maximum absolute atomic E-state index is 14.0. The highest BCUT2D eigenvalue weighted by Crippen LogP contribution is 2.65. The molecule has 4 amide bonds. The normalized spacial score (nSPS) is 25.2. The van der Waals surface area contributed by atoms with Crippen LogP contribution in [0.5, 0.6) is 0 Å². The van der Waals surface area contributed by atoms with Gasteiger partial charge in [0.1, 0.15) is 17.7 Å². The second-order valence-corrected chi connectivity index (χ2v) is 12.8. The molecule has 3 rings (SSSR count). The van der Waals surface area contributed by atoms with Gasteiger partial charge in [0.05, 0.1) is 6.04 Å². The molecule has 10 nitrogen and oxygen atoms in total. The summed E-state index contributed by atoms with van der Waals surface area (Å²) in [6.45, 7) is 15.4. The van der Waals surface area contributed by atoms with Gasteiger partial charge in [-0.15, -0.1) is 6.58 Å². The number of fused-ring (bicyclic) bond motifs is 1. The lowest BCUT2D eigenvalue weighted by molar-refractivity contribution is -0.144. The number of carbonyl (C=O) groups excluding carboxylic acids is 5. The molecule has 3 aliphatic rings. The predicted molar refractivity (Wildman–Crippen MR) is 146 cm³/mol. The molecular weight excluding hydrogens is 500 g/mol. The summed E-state index contributed by atoms with van der Waals surface area (Å²) in [5.41, 5.74) is -0.848. The monoisotopic (exact) mass is 546 g/mol. The van der Waals surface area contributed by atoms with E-state index >= 15 is 0 Å². The van der Waals surface area contributed by atoms with E-state index in [1.54, 1.807) is 25.7 Å². The number of ketones is 1. The Hall–Kier alpha value is -2.91. The number of hydrogen-bond acceptors (Lipinski definition) is 6. The summed E-state index contributed by atoms with van der Waals surface area (Å²) in [6.07, 6.45) is 5.27. The first-order chi connectivity index (χ1) is 18.2. The Balaban J connectivity index is 1.82. The molecule has 1 unspecified atom stereocenters. The highest BCUT2D eigenvalue weighted by atomic mass is 16.6. The van der Waals surface area contributed by atoms with E-state index in [4.69, 9.17) is 4.74 Å². The third kappa shape index (κ3) is 7.00. The summed E-state index contributed by atoms with van der Waals surface area (Å²) >= 11 is 0. The van der Waals surface area contributed by atoms with Gasteiger partial charge in [0, 0.05) is 13.1 Å². The summed E-state index contributed by atoms with van der Waals surface area (Å²) in [6, 6.07) is -2.57. The summed E-state index contributed by atoms with van der Waals surface area (Å²) in [4.78, 5) is 67.2. The maximum Gasteiger partial charge on any atom is 0.408 e. The Morgan fingerprint density at radius 1 is 1.10 bits per heavy atom. The van der Waals surface area contributed by atoms with Crippen LogP contribution in [0.3, 0.4) is 0 Å². The van der Waals surface area contributed by atoms with Crippen molar-refractivity contribution in [1.82, 2.24) is 20.9 Å². The molecule has 0 aromatic rings. The van der Waals surface area contributed by atoms with Crippen molar-refractivity contribution in [2.45, 2.75) is 104 Å². The van der Waals surface area contributed by atoms with Gasteiger partial charge in [0.2, 0.25) is 17.6 Å². The van der Waals surface area contributed by atoms with Crippen LogP contribution in [0, 0.1) is 23.2 Å². The largest absolute Gasteiger partial charge is 0.444 e. The van der Waals surface area contributed by atoms with Gasteiger partial charge in [-0.1, -0.05) is 46.1 Å². The average Bonchev–Trinajstić information content (AvgIpc) is 3.30. The molecule has 218 valence electrons. The van der Waals surface area contributed by atoms with Crippen molar-refractivity contribution in [2.75, 3.05) is 13.1 Å². The topological polar surface area (TPSA) is 134 Å². The third-order valence-corrected chi connectivity index (χ3v) is 8.41. The number of likely N-dealkylation sites (tertiary alicyclic amines) is 1. The fourth-order valence-corrected chi connectivity index (χ4v) is 6.32. The second kappa shape index (κ2) is 12.1. The number of amides is 4. The zero-order valence-corrected chi connectivity index (χ0v) is 24.3. The SMILES string of the molecule is C=CCNC(=O)C(=O)C(CCC)NC(=O)[C@@H]1[C@H]2[C@@H](CN1C(=O)[C@@H](NC(=O)OC(C)(C)C)C1CCCC1)C2(C)C. The van der Waals surface area contributed by atoms with Crippen molar-refractivity contribution in [2.24, 2.45) is 23.2 Å². The zero-order chi connectivity index (χ0) is 29.1. The Kier molecular flexibility index (Phi) is 9.49. The molecule has 1 saturated heterocycles. The maximum atomic E-state index is 14.0. The average molecular weight is 547 g/mol. The van der Waals surface area contributed by atoms with Gasteiger partial charge in [0.25, 0.3) is 5.91 Å². The predicted octanol–water partition coefficient (Wildman–Crippen LogP) is 2.71. The molecule has 5 atom stereocenters. The molecule has 2 saturated carbocycles. The lowest BCUT2D eigenvalue weighted by Gasteiger charge is -2.35. The van der Waals surface area contributed by atoms with Gasteiger partial charge in [-0.05, 0) is 63.2 Å². The fourth-order valence-electron chi connectivity index (χ4n) is 6.32. The summed E-state index contributed by atoms with van der Waals surface area (Å²) in [7, 11) is 0. The number of nitrogens with zero attached hydrogens (tertiary/aromatic N) is 1. The Labute approximate surface area is 232 Å². The number of hydrogen-bond donors (Lipinski definition) is 3. The number of Topliss-reactive ketones (excluding diaryl/α,β-unsaturated/α-hetero) is 1. The first kappa shape index (κ1) is 30.6. The lowest BCUT2D eigenvalue weighted by atomic mass is 9.94. The first-order valence-corrected chi connectivity index (χ1v) is 14.3. The number of alkyl carbamates (subject to hydrolysis) is 1. The van der Waals surface area contributed by atoms with E-state index < -0.39 is 47.4 Å². The van der Waals surface area contributed by atoms with E-state index in [0.29, 0.717) is 19.4 Å². The highest BCUT2D eigenvalue weighted by Gasteiger charge is 2.69. The van der Waals surface area contributed by atoms with Gasteiger partial charge in [-0.2, -0.15) is 0 Å². The van der Waals surface area contributed by atoms with Gasteiger partial charge in [-0.3, -0.25) is 19.2 Å². The van der Waals surface area contributed by atoms with Crippen LogP contribution in [0.15, 0.2) is 12.7 Å². The van der Waals surface area contributed by atoms with Crippen LogP contribution in [0.4, 0.5) is 4.79 Å². The molecule has 3 fully saturated rings. The molecule has 0 aromatic carbocycles. The number of piperidine rings is 1. The summed E-state index contributed by atoms with van der Waals surface area (Å²) in [5, 5.41) is 8.09. The van der Waals surface area contributed by atoms with Gasteiger partial charge >= 0.3 is 6.09 Å². The first-order valence-electron chi connectivity index (χ1n) is 14.3. The molecule has 0 bridgehead atoms. The van der Waals surface area contributed by atoms with Crippen molar-refractivity contribution >= 4 is 29.6 Å². The Bertz CT molecular complexity index is 981. The molecule has 0 radical (unpaired) electrons. The van der Waals surface area contributed by atoms with Gasteiger partial charge in [-0.25, -0.2) is 4.79 Å². The van der Waals surface area contributed by atoms with Crippen molar-refractivity contribution in [3.63, 3.8) is 0 Å². The van der Waals surface area contributed by atoms with Crippen LogP contribution in [0.2, 0.25) is 0 Å². The van der Waals surface area contributed by atoms with E-state index in [2.05, 4.69) is 36.4 Å². The van der Waals surface area contributed by atoms with Crippen molar-refractivity contribution in [3.05, 3.63) is 12.7 Å². The van der Waals surface area contributed by atoms with E-state index in [0.717, 1.165) is 25.7 Å². The molecule has 0 spiro atoms. The van der Waals surface area contributed by atoms with Gasteiger partial charge < -0.3 is 25.6 Å². The second-order valence-electron chi connectivity index (χ2n) is 12.8. The van der Waals surface area contributed by atoms with Crippen LogP contribution in [0.25, 0.3) is 0 Å². The number of carbonyl (C=O) groups is 5. The minimum atomic E-state index is -0.990. The standard InChI is InChI=1S/C29H46N4O6/c1-8-12-19(23(34)25(36)30-15-9-2)31-24(35)22-20-18(29(20,6)7)16-33(22)26(37)21(17-13-10-11-14-17)32-27(38)39-28(3,4)5/h9,17-22H,2,8,10-16H2,1,3-7H3,(H,30,36)(H,31,35)(H,32,38)/t18-,19?,20-,21+,22+/m1/s1. The Morgan fingerprint density at radius 3 is 2.31 bits per heavy atom. The van der Waals surface area contributed by atoms with Crippen LogP contribution in [-0.2, 0) is 23.9 Å². The molecule has 1 heterocycles. The van der Waals surface area contributed by atoms with Crippen molar-refractivity contribution < 1.29 is 28.7 Å².